The van der Waals surface area contributed by atoms with Gasteiger partial charge in [0.1, 0.15) is 0 Å². The van der Waals surface area contributed by atoms with Crippen molar-refractivity contribution >= 4 is 0 Å². The highest BCUT2D eigenvalue weighted by Crippen LogP contribution is 2.42. The Bertz CT molecular complexity index is 415. The maximum absolute atomic E-state index is 13.4. The van der Waals surface area contributed by atoms with Gasteiger partial charge in [-0.25, -0.2) is 17.6 Å². The Morgan fingerprint density at radius 3 is 2.25 bits per heavy atom. The molecule has 0 radical (unpaired) electrons. The van der Waals surface area contributed by atoms with E-state index in [0.717, 1.165) is 18.9 Å². The summed E-state index contributed by atoms with van der Waals surface area (Å²) in [5.41, 5.74) is -0.138. The Kier molecular flexibility index (Phi) is 2.88. The van der Waals surface area contributed by atoms with Crippen molar-refractivity contribution in [3.63, 3.8) is 0 Å². The molecule has 0 amide bonds. The normalized spacial score (nSPS) is 17.6. The molecule has 0 spiro atoms. The zero-order chi connectivity index (χ0) is 11.9. The average Bonchev–Trinajstić information content (AvgIpc) is 3.08. The zero-order valence-electron chi connectivity index (χ0n) is 8.66. The Hall–Kier alpha value is -1.10. The van der Waals surface area contributed by atoms with Gasteiger partial charge in [0.15, 0.2) is 23.3 Å². The van der Waals surface area contributed by atoms with Crippen LogP contribution in [0.2, 0.25) is 0 Å². The van der Waals surface area contributed by atoms with Crippen LogP contribution in [0.3, 0.4) is 0 Å². The van der Waals surface area contributed by atoms with E-state index in [1.165, 1.54) is 0 Å². The van der Waals surface area contributed by atoms with Crippen LogP contribution in [-0.4, -0.2) is 7.05 Å². The zero-order valence-corrected chi connectivity index (χ0v) is 8.66. The number of halogens is 4. The Morgan fingerprint density at radius 2 is 1.75 bits per heavy atom. The van der Waals surface area contributed by atoms with Crippen LogP contribution in [0, 0.1) is 29.2 Å². The van der Waals surface area contributed by atoms with Gasteiger partial charge in [0, 0.05) is 11.6 Å². The molecule has 88 valence electrons. The first-order valence-corrected chi connectivity index (χ1v) is 5.06. The summed E-state index contributed by atoms with van der Waals surface area (Å²) in [5.74, 6) is -5.98. The lowest BCUT2D eigenvalue weighted by Crippen LogP contribution is -2.21. The molecule has 2 rings (SSSR count). The van der Waals surface area contributed by atoms with Gasteiger partial charge in [0.05, 0.1) is 0 Å². The van der Waals surface area contributed by atoms with E-state index in [1.807, 2.05) is 0 Å². The van der Waals surface area contributed by atoms with Gasteiger partial charge < -0.3 is 5.32 Å². The third-order valence-electron chi connectivity index (χ3n) is 2.87. The fraction of sp³-hybridized carbons (Fsp3) is 0.455. The summed E-state index contributed by atoms with van der Waals surface area (Å²) in [7, 11) is 1.58. The van der Waals surface area contributed by atoms with Crippen LogP contribution < -0.4 is 5.32 Å². The van der Waals surface area contributed by atoms with Crippen molar-refractivity contribution in [1.82, 2.24) is 5.32 Å². The van der Waals surface area contributed by atoms with E-state index in [0.29, 0.717) is 0 Å². The minimum absolute atomic E-state index is 0.138. The number of nitrogens with one attached hydrogen (secondary N) is 1. The molecular formula is C11H11F4N. The second kappa shape index (κ2) is 4.05. The van der Waals surface area contributed by atoms with Crippen molar-refractivity contribution < 1.29 is 17.6 Å². The van der Waals surface area contributed by atoms with E-state index in [2.05, 4.69) is 5.32 Å². The summed E-state index contributed by atoms with van der Waals surface area (Å²) in [5, 5.41) is 2.80. The molecule has 1 unspecified atom stereocenters. The van der Waals surface area contributed by atoms with Gasteiger partial charge >= 0.3 is 0 Å². The van der Waals surface area contributed by atoms with E-state index in [4.69, 9.17) is 0 Å². The lowest BCUT2D eigenvalue weighted by atomic mass is 10.0. The van der Waals surface area contributed by atoms with Crippen molar-refractivity contribution in [2.75, 3.05) is 7.05 Å². The van der Waals surface area contributed by atoms with Crippen molar-refractivity contribution in [3.05, 3.63) is 34.9 Å². The van der Waals surface area contributed by atoms with Gasteiger partial charge in [-0.3, -0.25) is 0 Å². The summed E-state index contributed by atoms with van der Waals surface area (Å²) in [6.07, 6.45) is 1.76. The maximum Gasteiger partial charge on any atom is 0.197 e. The molecule has 0 heterocycles. The standard InChI is InChI=1S/C11H11F4N/c1-16-11(5-2-3-5)6-4-7(12)9(14)10(15)8(6)13/h4-5,11,16H,2-3H2,1H3. The summed E-state index contributed by atoms with van der Waals surface area (Å²) in [6.45, 7) is 0. The Balaban J connectivity index is 2.47. The highest BCUT2D eigenvalue weighted by Gasteiger charge is 2.34. The Labute approximate surface area is 90.5 Å². The van der Waals surface area contributed by atoms with E-state index in [1.54, 1.807) is 7.05 Å². The summed E-state index contributed by atoms with van der Waals surface area (Å²) >= 11 is 0. The van der Waals surface area contributed by atoms with Gasteiger partial charge in [-0.2, -0.15) is 0 Å². The molecule has 0 saturated heterocycles. The lowest BCUT2D eigenvalue weighted by Gasteiger charge is -2.17. The van der Waals surface area contributed by atoms with Gasteiger partial charge in [0.2, 0.25) is 0 Å². The largest absolute Gasteiger partial charge is 0.313 e. The number of hydrogen-bond acceptors (Lipinski definition) is 1. The first-order chi connectivity index (χ1) is 7.56. The number of hydrogen-bond donors (Lipinski definition) is 1. The third-order valence-corrected chi connectivity index (χ3v) is 2.87. The molecule has 1 aliphatic carbocycles. The van der Waals surface area contributed by atoms with Crippen LogP contribution in [0.15, 0.2) is 6.07 Å². The smallest absolute Gasteiger partial charge is 0.197 e. The minimum atomic E-state index is -1.76. The van der Waals surface area contributed by atoms with Crippen molar-refractivity contribution in [2.45, 2.75) is 18.9 Å². The van der Waals surface area contributed by atoms with Crippen molar-refractivity contribution in [3.8, 4) is 0 Å². The predicted octanol–water partition coefficient (Wildman–Crippen LogP) is 2.91. The lowest BCUT2D eigenvalue weighted by molar-refractivity contribution is 0.390. The number of benzene rings is 1. The second-order valence-corrected chi connectivity index (χ2v) is 3.99. The van der Waals surface area contributed by atoms with E-state index < -0.39 is 29.3 Å². The average molecular weight is 233 g/mol. The summed E-state index contributed by atoms with van der Waals surface area (Å²) in [4.78, 5) is 0. The molecule has 1 aromatic rings. The molecule has 0 aliphatic heterocycles. The van der Waals surface area contributed by atoms with Crippen LogP contribution in [0.1, 0.15) is 24.4 Å². The molecular weight excluding hydrogens is 222 g/mol. The van der Waals surface area contributed by atoms with Crippen LogP contribution in [0.25, 0.3) is 0 Å². The molecule has 1 aromatic carbocycles. The van der Waals surface area contributed by atoms with Crippen LogP contribution in [-0.2, 0) is 0 Å². The fourth-order valence-corrected chi connectivity index (χ4v) is 1.89. The van der Waals surface area contributed by atoms with Crippen LogP contribution in [0.4, 0.5) is 17.6 Å². The molecule has 16 heavy (non-hydrogen) atoms. The molecule has 5 heteroatoms. The van der Waals surface area contributed by atoms with Gasteiger partial charge in [-0.1, -0.05) is 0 Å². The molecule has 1 N–H and O–H groups in total. The van der Waals surface area contributed by atoms with Gasteiger partial charge in [0.25, 0.3) is 0 Å². The molecule has 1 aliphatic rings. The highest BCUT2D eigenvalue weighted by atomic mass is 19.2. The number of rotatable bonds is 3. The molecule has 1 saturated carbocycles. The van der Waals surface area contributed by atoms with Gasteiger partial charge in [-0.15, -0.1) is 0 Å². The third kappa shape index (κ3) is 1.80. The maximum atomic E-state index is 13.4. The van der Waals surface area contributed by atoms with E-state index >= 15 is 0 Å². The first-order valence-electron chi connectivity index (χ1n) is 5.06. The molecule has 1 fully saturated rings. The molecule has 0 bridgehead atoms. The monoisotopic (exact) mass is 233 g/mol. The van der Waals surface area contributed by atoms with E-state index in [-0.39, 0.29) is 11.5 Å². The van der Waals surface area contributed by atoms with Crippen LogP contribution in [0.5, 0.6) is 0 Å². The highest BCUT2D eigenvalue weighted by molar-refractivity contribution is 5.26. The fourth-order valence-electron chi connectivity index (χ4n) is 1.89. The summed E-state index contributed by atoms with van der Waals surface area (Å²) in [6, 6.07) is 0.275. The predicted molar refractivity (Wildman–Crippen MR) is 50.8 cm³/mol. The second-order valence-electron chi connectivity index (χ2n) is 3.99. The molecule has 0 aromatic heterocycles. The topological polar surface area (TPSA) is 12.0 Å². The van der Waals surface area contributed by atoms with Gasteiger partial charge in [-0.05, 0) is 31.9 Å². The minimum Gasteiger partial charge on any atom is -0.313 e. The Morgan fingerprint density at radius 1 is 1.12 bits per heavy atom. The van der Waals surface area contributed by atoms with Crippen molar-refractivity contribution in [1.29, 1.82) is 0 Å². The van der Waals surface area contributed by atoms with E-state index in [9.17, 15) is 17.6 Å². The molecule has 1 nitrogen and oxygen atoms in total. The van der Waals surface area contributed by atoms with Crippen molar-refractivity contribution in [2.24, 2.45) is 5.92 Å². The first kappa shape index (κ1) is 11.4. The SMILES string of the molecule is CNC(c1cc(F)c(F)c(F)c1F)C1CC1. The summed E-state index contributed by atoms with van der Waals surface area (Å²) < 4.78 is 52.2. The quantitative estimate of drug-likeness (QED) is 0.481. The van der Waals surface area contributed by atoms with Crippen LogP contribution >= 0.6 is 0 Å². The molecule has 1 atom stereocenters.